The van der Waals surface area contributed by atoms with Crippen LogP contribution < -0.4 is 36.5 Å². The number of nitrogens with one attached hydrogen (secondary N) is 2. The second kappa shape index (κ2) is 16.5. The highest BCUT2D eigenvalue weighted by Gasteiger charge is 2.33. The van der Waals surface area contributed by atoms with E-state index in [1.165, 1.54) is 12.5 Å². The minimum atomic E-state index is -5.16. The summed E-state index contributed by atoms with van der Waals surface area (Å²) in [6, 6.07) is 13.1. The number of hydrogen-bond acceptors (Lipinski definition) is 7. The average molecular weight is 744 g/mol. The molecule has 3 aromatic rings. The molecule has 1 aliphatic heterocycles. The van der Waals surface area contributed by atoms with Gasteiger partial charge in [0.05, 0.1) is 41.8 Å². The van der Waals surface area contributed by atoms with E-state index in [2.05, 4.69) is 10.6 Å². The van der Waals surface area contributed by atoms with Crippen molar-refractivity contribution in [3.8, 4) is 11.5 Å². The van der Waals surface area contributed by atoms with Gasteiger partial charge in [0.15, 0.2) is 0 Å². The number of ether oxygens (including phenoxy) is 2. The Labute approximate surface area is 295 Å². The SMILES string of the molecule is NC(=O)c1cc2c(cc1OCC1CCCCC1)OCCC[C@@H]2NC(=O)[C@H](Cc1ccc(P(=O)(O)O)c(P(=O)(O)O)c1)NC(=O)Cc1ccccc1. The van der Waals surface area contributed by atoms with Gasteiger partial charge in [-0.3, -0.25) is 23.5 Å². The summed E-state index contributed by atoms with van der Waals surface area (Å²) in [7, 11) is -10.2. The first-order valence-electron chi connectivity index (χ1n) is 16.8. The molecule has 1 aliphatic carbocycles. The number of carbonyl (C=O) groups is 3. The van der Waals surface area contributed by atoms with Crippen molar-refractivity contribution >= 4 is 43.5 Å². The second-order valence-electron chi connectivity index (χ2n) is 13.0. The van der Waals surface area contributed by atoms with Crippen LogP contribution in [-0.4, -0.2) is 56.6 Å². The third-order valence-corrected chi connectivity index (χ3v) is 11.3. The number of nitrogens with two attached hydrogens (primary N) is 1. The van der Waals surface area contributed by atoms with Crippen LogP contribution in [0.1, 0.15) is 78.0 Å². The number of fused-ring (bicyclic) bond motifs is 1. The summed E-state index contributed by atoms with van der Waals surface area (Å²) in [5, 5.41) is 3.95. The Morgan fingerprint density at radius 3 is 2.24 bits per heavy atom. The van der Waals surface area contributed by atoms with Crippen molar-refractivity contribution in [3.63, 3.8) is 0 Å². The fourth-order valence-electron chi connectivity index (χ4n) is 6.54. The molecule has 0 spiro atoms. The van der Waals surface area contributed by atoms with E-state index in [-0.39, 0.29) is 24.0 Å². The lowest BCUT2D eigenvalue weighted by Crippen LogP contribution is -2.49. The summed E-state index contributed by atoms with van der Waals surface area (Å²) in [4.78, 5) is 79.0. The Morgan fingerprint density at radius 1 is 0.863 bits per heavy atom. The summed E-state index contributed by atoms with van der Waals surface area (Å²) in [6.07, 6.45) is 6.12. The normalized spacial score (nSPS) is 17.3. The minimum Gasteiger partial charge on any atom is -0.493 e. The van der Waals surface area contributed by atoms with Gasteiger partial charge in [0.25, 0.3) is 5.91 Å². The Kier molecular flexibility index (Phi) is 12.4. The standard InChI is InChI=1S/C35H43N3O11P2/c36-34(40)26-19-25-27(12-7-15-48-29(25)20-30(26)49-21-23-10-5-2-6-11-23)38-35(41)28(37-33(39)18-22-8-3-1-4-9-22)16-24-13-14-31(50(42,43)44)32(17-24)51(45,46)47/h1,3-4,8-9,13-14,17,19-20,23,27-28H,2,5-7,10-12,15-16,18,21H2,(H2,36,40)(H,37,39)(H,38,41)(H2,42,43,44)(H2,45,46,47)/t27-,28-/m0/s1. The van der Waals surface area contributed by atoms with Gasteiger partial charge in [-0.05, 0) is 60.9 Å². The molecule has 3 aromatic carbocycles. The van der Waals surface area contributed by atoms with Crippen molar-refractivity contribution in [2.75, 3.05) is 13.2 Å². The van der Waals surface area contributed by atoms with E-state index in [0.29, 0.717) is 54.6 Å². The van der Waals surface area contributed by atoms with Gasteiger partial charge in [0.2, 0.25) is 11.8 Å². The minimum absolute atomic E-state index is 0.0683. The third kappa shape index (κ3) is 10.3. The van der Waals surface area contributed by atoms with Gasteiger partial charge in [-0.15, -0.1) is 0 Å². The summed E-state index contributed by atoms with van der Waals surface area (Å²) in [6.45, 7) is 0.758. The summed E-state index contributed by atoms with van der Waals surface area (Å²) in [5.74, 6) is -0.801. The zero-order valence-electron chi connectivity index (χ0n) is 27.9. The van der Waals surface area contributed by atoms with Crippen LogP contribution in [-0.2, 0) is 31.6 Å². The Bertz CT molecular complexity index is 1840. The van der Waals surface area contributed by atoms with E-state index in [1.807, 2.05) is 0 Å². The van der Waals surface area contributed by atoms with E-state index in [0.717, 1.165) is 37.8 Å². The van der Waals surface area contributed by atoms with Gasteiger partial charge in [0.1, 0.15) is 17.5 Å². The van der Waals surface area contributed by atoms with Gasteiger partial charge in [-0.1, -0.05) is 55.7 Å². The molecule has 3 amide bonds. The van der Waals surface area contributed by atoms with Gasteiger partial charge in [-0.25, -0.2) is 0 Å². The van der Waals surface area contributed by atoms with Crippen LogP contribution in [0.5, 0.6) is 11.5 Å². The van der Waals surface area contributed by atoms with Crippen LogP contribution in [0.25, 0.3) is 0 Å². The highest BCUT2D eigenvalue weighted by molar-refractivity contribution is 7.67. The van der Waals surface area contributed by atoms with Gasteiger partial charge < -0.3 is 45.4 Å². The van der Waals surface area contributed by atoms with E-state index in [4.69, 9.17) is 15.2 Å². The number of primary amides is 1. The largest absolute Gasteiger partial charge is 0.493 e. The van der Waals surface area contributed by atoms with E-state index in [1.54, 1.807) is 42.5 Å². The highest BCUT2D eigenvalue weighted by Crippen LogP contribution is 2.41. The number of benzene rings is 3. The first kappa shape index (κ1) is 38.2. The molecule has 274 valence electrons. The summed E-state index contributed by atoms with van der Waals surface area (Å²) < 4.78 is 36.3. The quantitative estimate of drug-likeness (QED) is 0.126. The molecule has 5 rings (SSSR count). The van der Waals surface area contributed by atoms with E-state index in [9.17, 15) is 43.1 Å². The molecule has 8 N–H and O–H groups in total. The fraction of sp³-hybridized carbons (Fsp3) is 0.400. The maximum Gasteiger partial charge on any atom is 0.357 e. The molecule has 0 aromatic heterocycles. The molecular weight excluding hydrogens is 700 g/mol. The lowest BCUT2D eigenvalue weighted by atomic mass is 9.90. The monoisotopic (exact) mass is 743 g/mol. The third-order valence-electron chi connectivity index (χ3n) is 9.13. The van der Waals surface area contributed by atoms with Crippen LogP contribution >= 0.6 is 15.2 Å². The van der Waals surface area contributed by atoms with Crippen LogP contribution in [0.3, 0.4) is 0 Å². The predicted octanol–water partition coefficient (Wildman–Crippen LogP) is 2.65. The molecule has 0 radical (unpaired) electrons. The lowest BCUT2D eigenvalue weighted by molar-refractivity contribution is -0.129. The Hall–Kier alpha value is -4.03. The van der Waals surface area contributed by atoms with Crippen molar-refractivity contribution in [2.45, 2.75) is 69.9 Å². The van der Waals surface area contributed by atoms with Crippen LogP contribution in [0.4, 0.5) is 0 Å². The van der Waals surface area contributed by atoms with Crippen LogP contribution in [0.2, 0.25) is 0 Å². The topological polar surface area (TPSA) is 235 Å². The molecule has 51 heavy (non-hydrogen) atoms. The molecule has 1 saturated carbocycles. The second-order valence-corrected chi connectivity index (χ2v) is 16.2. The predicted molar refractivity (Wildman–Crippen MR) is 188 cm³/mol. The molecule has 14 nitrogen and oxygen atoms in total. The Morgan fingerprint density at radius 2 is 1.57 bits per heavy atom. The summed E-state index contributed by atoms with van der Waals surface area (Å²) in [5.41, 5.74) is 7.21. The first-order chi connectivity index (χ1) is 24.2. The molecule has 0 bridgehead atoms. The highest BCUT2D eigenvalue weighted by atomic mass is 31.2. The molecular formula is C35H43N3O11P2. The van der Waals surface area contributed by atoms with Crippen LogP contribution in [0, 0.1) is 5.92 Å². The fourth-order valence-corrected chi connectivity index (χ4v) is 8.66. The van der Waals surface area contributed by atoms with E-state index < -0.39 is 55.6 Å². The smallest absolute Gasteiger partial charge is 0.357 e. The van der Waals surface area contributed by atoms with Gasteiger partial charge in [-0.2, -0.15) is 0 Å². The van der Waals surface area contributed by atoms with Crippen molar-refractivity contribution < 1.29 is 52.6 Å². The van der Waals surface area contributed by atoms with Crippen molar-refractivity contribution in [1.82, 2.24) is 10.6 Å². The zero-order valence-corrected chi connectivity index (χ0v) is 29.7. The summed E-state index contributed by atoms with van der Waals surface area (Å²) >= 11 is 0. The van der Waals surface area contributed by atoms with E-state index >= 15 is 0 Å². The van der Waals surface area contributed by atoms with Crippen molar-refractivity contribution in [2.24, 2.45) is 11.7 Å². The van der Waals surface area contributed by atoms with Crippen LogP contribution in [0.15, 0.2) is 60.7 Å². The molecule has 16 heteroatoms. The van der Waals surface area contributed by atoms with Crippen molar-refractivity contribution in [1.29, 1.82) is 0 Å². The maximum absolute atomic E-state index is 14.0. The number of rotatable bonds is 13. The lowest BCUT2D eigenvalue weighted by Gasteiger charge is -2.25. The molecule has 2 atom stereocenters. The number of amides is 3. The first-order valence-corrected chi connectivity index (χ1v) is 20.0. The van der Waals surface area contributed by atoms with Gasteiger partial charge in [0, 0.05) is 18.1 Å². The molecule has 0 unspecified atom stereocenters. The molecule has 1 heterocycles. The zero-order chi connectivity index (χ0) is 36.8. The molecule has 2 aliphatic rings. The Balaban J connectivity index is 1.43. The number of carbonyl (C=O) groups excluding carboxylic acids is 3. The molecule has 1 fully saturated rings. The number of hydrogen-bond donors (Lipinski definition) is 7. The van der Waals surface area contributed by atoms with Gasteiger partial charge >= 0.3 is 15.2 Å². The van der Waals surface area contributed by atoms with Crippen molar-refractivity contribution in [3.05, 3.63) is 82.9 Å². The average Bonchev–Trinajstić information content (AvgIpc) is 3.27. The molecule has 0 saturated heterocycles. The maximum atomic E-state index is 14.0.